The van der Waals surface area contributed by atoms with Gasteiger partial charge in [0.2, 0.25) is 0 Å². The number of likely N-dealkylation sites (tertiary alicyclic amines) is 1. The predicted octanol–water partition coefficient (Wildman–Crippen LogP) is 6.16. The van der Waals surface area contributed by atoms with E-state index in [2.05, 4.69) is 34.7 Å². The number of carbonyl (C=O) groups excluding carboxylic acids is 2. The van der Waals surface area contributed by atoms with Gasteiger partial charge in [-0.25, -0.2) is 0 Å². The second-order valence-electron chi connectivity index (χ2n) is 8.81. The fraction of sp³-hybridized carbons (Fsp3) is 0.429. The summed E-state index contributed by atoms with van der Waals surface area (Å²) in [6, 6.07) is 16.0. The molecule has 0 saturated carbocycles. The number of carbonyl (C=O) groups is 2. The zero-order valence-electron chi connectivity index (χ0n) is 20.2. The summed E-state index contributed by atoms with van der Waals surface area (Å²) >= 11 is 3.46. The Morgan fingerprint density at radius 2 is 1.50 bits per heavy atom. The number of unbranched alkanes of at least 4 members (excludes halogenated alkanes) is 2. The number of nitrogens with zero attached hydrogens (tertiary/aromatic N) is 2. The molecule has 6 heteroatoms. The molecule has 2 aromatic rings. The number of rotatable bonds is 12. The van der Waals surface area contributed by atoms with Crippen LogP contribution in [-0.4, -0.2) is 52.8 Å². The molecule has 1 aliphatic rings. The van der Waals surface area contributed by atoms with E-state index in [1.807, 2.05) is 30.3 Å². The Bertz CT molecular complexity index is 980. The topological polar surface area (TPSA) is 60.9 Å². The van der Waals surface area contributed by atoms with E-state index in [0.717, 1.165) is 61.8 Å². The molecule has 0 aromatic heterocycles. The van der Waals surface area contributed by atoms with Crippen LogP contribution in [0.5, 0.6) is 0 Å². The average Bonchev–Trinajstić information content (AvgIpc) is 3.11. The van der Waals surface area contributed by atoms with Crippen molar-refractivity contribution in [2.24, 2.45) is 0 Å². The van der Waals surface area contributed by atoms with E-state index in [4.69, 9.17) is 0 Å². The van der Waals surface area contributed by atoms with Crippen LogP contribution >= 0.6 is 15.9 Å². The van der Waals surface area contributed by atoms with Crippen molar-refractivity contribution in [3.05, 3.63) is 75.8 Å². The zero-order valence-corrected chi connectivity index (χ0v) is 21.8. The largest absolute Gasteiger partial charge is 0.507 e. The van der Waals surface area contributed by atoms with Crippen molar-refractivity contribution in [3.8, 4) is 0 Å². The van der Waals surface area contributed by atoms with Crippen LogP contribution in [0, 0.1) is 0 Å². The lowest BCUT2D eigenvalue weighted by molar-refractivity contribution is -0.140. The molecule has 0 spiro atoms. The van der Waals surface area contributed by atoms with Gasteiger partial charge >= 0.3 is 0 Å². The Kier molecular flexibility index (Phi) is 9.90. The molecular weight excluding hydrogens is 492 g/mol. The van der Waals surface area contributed by atoms with Crippen molar-refractivity contribution in [1.82, 2.24) is 9.80 Å². The van der Waals surface area contributed by atoms with Crippen LogP contribution in [0.25, 0.3) is 5.76 Å². The molecule has 34 heavy (non-hydrogen) atoms. The Hall–Kier alpha value is -2.44. The Balaban J connectivity index is 1.88. The van der Waals surface area contributed by atoms with Gasteiger partial charge in [-0.2, -0.15) is 0 Å². The molecule has 1 fully saturated rings. The molecule has 1 unspecified atom stereocenters. The number of halogens is 1. The van der Waals surface area contributed by atoms with Crippen molar-refractivity contribution < 1.29 is 14.7 Å². The van der Waals surface area contributed by atoms with Gasteiger partial charge in [0.15, 0.2) is 0 Å². The zero-order chi connectivity index (χ0) is 24.5. The first-order valence-corrected chi connectivity index (χ1v) is 13.1. The lowest BCUT2D eigenvalue weighted by Crippen LogP contribution is -2.34. The number of hydrogen-bond donors (Lipinski definition) is 1. The molecule has 3 rings (SSSR count). The predicted molar refractivity (Wildman–Crippen MR) is 140 cm³/mol. The number of benzene rings is 2. The van der Waals surface area contributed by atoms with Crippen LogP contribution in [0.1, 0.15) is 63.1 Å². The first kappa shape index (κ1) is 26.2. The summed E-state index contributed by atoms with van der Waals surface area (Å²) in [6.07, 6.45) is 5.40. The highest BCUT2D eigenvalue weighted by molar-refractivity contribution is 9.10. The fourth-order valence-corrected chi connectivity index (χ4v) is 4.68. The van der Waals surface area contributed by atoms with Crippen molar-refractivity contribution in [2.75, 3.05) is 26.2 Å². The van der Waals surface area contributed by atoms with Gasteiger partial charge in [-0.15, -0.1) is 0 Å². The molecule has 1 N–H and O–H groups in total. The monoisotopic (exact) mass is 526 g/mol. The number of aliphatic hydroxyl groups excluding tert-OH is 1. The number of amides is 1. The van der Waals surface area contributed by atoms with Gasteiger partial charge in [0.25, 0.3) is 11.7 Å². The molecule has 0 radical (unpaired) electrons. The van der Waals surface area contributed by atoms with Gasteiger partial charge in [-0.05, 0) is 56.6 Å². The third-order valence-electron chi connectivity index (χ3n) is 6.30. The Labute approximate surface area is 211 Å². The Morgan fingerprint density at radius 3 is 2.09 bits per heavy atom. The van der Waals surface area contributed by atoms with Crippen LogP contribution in [0.4, 0.5) is 0 Å². The quantitative estimate of drug-likeness (QED) is 0.204. The van der Waals surface area contributed by atoms with Gasteiger partial charge in [0.1, 0.15) is 5.76 Å². The van der Waals surface area contributed by atoms with Crippen LogP contribution in [0.15, 0.2) is 64.6 Å². The highest BCUT2D eigenvalue weighted by atomic mass is 79.9. The molecule has 1 atom stereocenters. The average molecular weight is 528 g/mol. The van der Waals surface area contributed by atoms with E-state index in [1.54, 1.807) is 29.2 Å². The lowest BCUT2D eigenvalue weighted by Gasteiger charge is -2.27. The van der Waals surface area contributed by atoms with Crippen molar-refractivity contribution >= 4 is 33.4 Å². The summed E-state index contributed by atoms with van der Waals surface area (Å²) in [4.78, 5) is 30.4. The second kappa shape index (κ2) is 12.9. The minimum absolute atomic E-state index is 0.123. The molecule has 182 valence electrons. The van der Waals surface area contributed by atoms with Crippen molar-refractivity contribution in [3.63, 3.8) is 0 Å². The summed E-state index contributed by atoms with van der Waals surface area (Å²) in [7, 11) is 0. The maximum atomic E-state index is 13.1. The minimum Gasteiger partial charge on any atom is -0.507 e. The second-order valence-corrected chi connectivity index (χ2v) is 9.73. The molecular formula is C28H35BrN2O3. The van der Waals surface area contributed by atoms with Crippen LogP contribution in [0.3, 0.4) is 0 Å². The summed E-state index contributed by atoms with van der Waals surface area (Å²) in [5.41, 5.74) is 1.51. The summed E-state index contributed by atoms with van der Waals surface area (Å²) in [6.45, 7) is 7.85. The molecule has 5 nitrogen and oxygen atoms in total. The number of ketones is 1. The first-order chi connectivity index (χ1) is 16.5. The molecule has 0 bridgehead atoms. The van der Waals surface area contributed by atoms with E-state index < -0.39 is 17.7 Å². The summed E-state index contributed by atoms with van der Waals surface area (Å²) < 4.78 is 0.916. The lowest BCUT2D eigenvalue weighted by atomic mass is 9.95. The van der Waals surface area contributed by atoms with Crippen molar-refractivity contribution in [2.45, 2.75) is 52.0 Å². The number of Topliss-reactive ketones (excluding diaryl/α,β-unsaturated/α-hetero) is 1. The van der Waals surface area contributed by atoms with Gasteiger partial charge in [0, 0.05) is 16.6 Å². The minimum atomic E-state index is -0.622. The van der Waals surface area contributed by atoms with Crippen LogP contribution < -0.4 is 0 Å². The molecule has 1 amide bonds. The fourth-order valence-electron chi connectivity index (χ4n) is 4.42. The smallest absolute Gasteiger partial charge is 0.295 e. The third-order valence-corrected chi connectivity index (χ3v) is 6.83. The van der Waals surface area contributed by atoms with E-state index in [1.165, 1.54) is 0 Å². The molecule has 1 heterocycles. The number of hydrogen-bond acceptors (Lipinski definition) is 4. The summed E-state index contributed by atoms with van der Waals surface area (Å²) in [5, 5.41) is 11.1. The molecule has 0 aliphatic carbocycles. The van der Waals surface area contributed by atoms with Crippen LogP contribution in [0.2, 0.25) is 0 Å². The maximum absolute atomic E-state index is 13.1. The number of aliphatic hydroxyl groups is 1. The van der Waals surface area contributed by atoms with Gasteiger partial charge < -0.3 is 14.9 Å². The van der Waals surface area contributed by atoms with E-state index in [9.17, 15) is 14.7 Å². The van der Waals surface area contributed by atoms with E-state index >= 15 is 0 Å². The first-order valence-electron chi connectivity index (χ1n) is 12.3. The Morgan fingerprint density at radius 1 is 0.912 bits per heavy atom. The third kappa shape index (κ3) is 6.36. The molecule has 2 aromatic carbocycles. The molecule has 1 saturated heterocycles. The van der Waals surface area contributed by atoms with E-state index in [-0.39, 0.29) is 11.3 Å². The van der Waals surface area contributed by atoms with Crippen LogP contribution in [-0.2, 0) is 9.59 Å². The van der Waals surface area contributed by atoms with E-state index in [0.29, 0.717) is 12.1 Å². The normalized spacial score (nSPS) is 17.6. The standard InChI is InChI=1S/C28H35BrN2O3/c1-3-5-17-30(18-6-4-2)19-10-20-31-25(21-13-15-23(29)16-14-21)24(27(33)28(31)34)26(32)22-11-8-7-9-12-22/h7-9,11-16,25,32H,3-6,10,17-20H2,1-2H3/b26-24-. The summed E-state index contributed by atoms with van der Waals surface area (Å²) in [5.74, 6) is -1.29. The van der Waals surface area contributed by atoms with Gasteiger partial charge in [-0.1, -0.05) is 85.1 Å². The molecule has 1 aliphatic heterocycles. The van der Waals surface area contributed by atoms with Crippen molar-refractivity contribution in [1.29, 1.82) is 0 Å². The van der Waals surface area contributed by atoms with Gasteiger partial charge in [-0.3, -0.25) is 9.59 Å². The van der Waals surface area contributed by atoms with Gasteiger partial charge in [0.05, 0.1) is 11.6 Å². The SMILES string of the molecule is CCCCN(CCCC)CCCN1C(=O)C(=O)/C(=C(\O)c2ccccc2)C1c1ccc(Br)cc1. The maximum Gasteiger partial charge on any atom is 0.295 e. The highest BCUT2D eigenvalue weighted by Crippen LogP contribution is 2.39. The highest BCUT2D eigenvalue weighted by Gasteiger charge is 2.45.